The van der Waals surface area contributed by atoms with Gasteiger partial charge in [0.15, 0.2) is 0 Å². The van der Waals surface area contributed by atoms with Gasteiger partial charge in [0.25, 0.3) is 0 Å². The predicted octanol–water partition coefficient (Wildman–Crippen LogP) is 4.86. The number of aliphatic hydroxyl groups excluding tert-OH is 1. The van der Waals surface area contributed by atoms with Crippen LogP contribution in [0.15, 0.2) is 28.1 Å². The van der Waals surface area contributed by atoms with E-state index in [4.69, 9.17) is 11.6 Å². The van der Waals surface area contributed by atoms with E-state index in [-0.39, 0.29) is 0 Å². The second-order valence-electron chi connectivity index (χ2n) is 3.99. The summed E-state index contributed by atoms with van der Waals surface area (Å²) in [6, 6.07) is 7.70. The zero-order valence-electron chi connectivity index (χ0n) is 9.50. The van der Waals surface area contributed by atoms with Crippen LogP contribution in [0.1, 0.15) is 27.7 Å². The fourth-order valence-electron chi connectivity index (χ4n) is 1.65. The van der Waals surface area contributed by atoms with Crippen LogP contribution in [0.5, 0.6) is 0 Å². The topological polar surface area (TPSA) is 20.2 Å². The Hall–Kier alpha value is -0.350. The first-order chi connectivity index (χ1) is 8.00. The highest BCUT2D eigenvalue weighted by Gasteiger charge is 2.17. The third kappa shape index (κ3) is 2.58. The van der Waals surface area contributed by atoms with Gasteiger partial charge in [0.05, 0.1) is 3.79 Å². The molecule has 0 aliphatic carbocycles. The summed E-state index contributed by atoms with van der Waals surface area (Å²) >= 11 is 11.2. The number of thiophene rings is 1. The van der Waals surface area contributed by atoms with Gasteiger partial charge in [-0.3, -0.25) is 0 Å². The van der Waals surface area contributed by atoms with Crippen LogP contribution >= 0.6 is 38.9 Å². The van der Waals surface area contributed by atoms with Crippen molar-refractivity contribution in [3.05, 3.63) is 54.6 Å². The Morgan fingerprint density at radius 1 is 1.29 bits per heavy atom. The van der Waals surface area contributed by atoms with Gasteiger partial charge in [0.2, 0.25) is 0 Å². The van der Waals surface area contributed by atoms with Crippen molar-refractivity contribution in [1.82, 2.24) is 0 Å². The molecule has 0 aliphatic heterocycles. The first-order valence-corrected chi connectivity index (χ1v) is 7.18. The molecule has 1 aromatic heterocycles. The third-order valence-electron chi connectivity index (χ3n) is 2.66. The predicted molar refractivity (Wildman–Crippen MR) is 77.0 cm³/mol. The lowest BCUT2D eigenvalue weighted by atomic mass is 10.0. The van der Waals surface area contributed by atoms with Crippen molar-refractivity contribution in [1.29, 1.82) is 0 Å². The monoisotopic (exact) mass is 330 g/mol. The Labute approximate surface area is 118 Å². The molecular weight excluding hydrogens is 320 g/mol. The quantitative estimate of drug-likeness (QED) is 0.833. The van der Waals surface area contributed by atoms with Crippen molar-refractivity contribution in [2.75, 3.05) is 0 Å². The Balaban J connectivity index is 2.43. The number of halogens is 2. The number of aryl methyl sites for hydroxylation is 2. The van der Waals surface area contributed by atoms with E-state index in [1.807, 2.05) is 38.1 Å². The number of hydrogen-bond donors (Lipinski definition) is 1. The van der Waals surface area contributed by atoms with Crippen LogP contribution in [0.4, 0.5) is 0 Å². The molecule has 90 valence electrons. The maximum Gasteiger partial charge on any atom is 0.115 e. The fraction of sp³-hybridized carbons (Fsp3) is 0.231. The molecule has 0 aliphatic rings. The molecule has 17 heavy (non-hydrogen) atoms. The number of benzene rings is 1. The Kier molecular flexibility index (Phi) is 3.93. The van der Waals surface area contributed by atoms with Gasteiger partial charge in [0, 0.05) is 15.5 Å². The SMILES string of the molecule is Cc1cc(C(O)c2cccc(C)c2Cl)sc1Br. The van der Waals surface area contributed by atoms with Crippen molar-refractivity contribution >= 4 is 38.9 Å². The number of hydrogen-bond acceptors (Lipinski definition) is 2. The average Bonchev–Trinajstić information content (AvgIpc) is 2.62. The summed E-state index contributed by atoms with van der Waals surface area (Å²) in [6.07, 6.45) is -0.655. The summed E-state index contributed by atoms with van der Waals surface area (Å²) in [6.45, 7) is 3.95. The van der Waals surface area contributed by atoms with E-state index in [9.17, 15) is 5.11 Å². The molecule has 1 N–H and O–H groups in total. The first kappa shape index (κ1) is 13.1. The zero-order chi connectivity index (χ0) is 12.6. The zero-order valence-corrected chi connectivity index (χ0v) is 12.7. The first-order valence-electron chi connectivity index (χ1n) is 5.19. The Bertz CT molecular complexity index is 531. The molecule has 2 rings (SSSR count). The molecule has 1 aromatic carbocycles. The Morgan fingerprint density at radius 2 is 2.00 bits per heavy atom. The van der Waals surface area contributed by atoms with E-state index >= 15 is 0 Å². The maximum absolute atomic E-state index is 10.3. The minimum Gasteiger partial charge on any atom is -0.383 e. The van der Waals surface area contributed by atoms with Gasteiger partial charge in [-0.05, 0) is 47.0 Å². The van der Waals surface area contributed by atoms with Gasteiger partial charge in [-0.15, -0.1) is 11.3 Å². The van der Waals surface area contributed by atoms with Gasteiger partial charge >= 0.3 is 0 Å². The van der Waals surface area contributed by atoms with Gasteiger partial charge in [-0.25, -0.2) is 0 Å². The van der Waals surface area contributed by atoms with Crippen molar-refractivity contribution in [3.63, 3.8) is 0 Å². The van der Waals surface area contributed by atoms with Crippen LogP contribution in [-0.2, 0) is 0 Å². The smallest absolute Gasteiger partial charge is 0.115 e. The average molecular weight is 332 g/mol. The lowest BCUT2D eigenvalue weighted by Crippen LogP contribution is -1.98. The van der Waals surface area contributed by atoms with Crippen LogP contribution < -0.4 is 0 Å². The normalized spacial score (nSPS) is 12.8. The largest absolute Gasteiger partial charge is 0.383 e. The molecule has 4 heteroatoms. The highest BCUT2D eigenvalue weighted by Crippen LogP contribution is 2.37. The molecule has 1 unspecified atom stereocenters. The van der Waals surface area contributed by atoms with E-state index in [2.05, 4.69) is 15.9 Å². The molecule has 0 fully saturated rings. The number of rotatable bonds is 2. The van der Waals surface area contributed by atoms with Gasteiger partial charge in [0.1, 0.15) is 6.10 Å². The highest BCUT2D eigenvalue weighted by molar-refractivity contribution is 9.11. The molecule has 0 saturated heterocycles. The molecule has 0 amide bonds. The molecule has 1 atom stereocenters. The van der Waals surface area contributed by atoms with Gasteiger partial charge in [-0.2, -0.15) is 0 Å². The van der Waals surface area contributed by atoms with Crippen LogP contribution in [0, 0.1) is 13.8 Å². The van der Waals surface area contributed by atoms with E-state index in [0.717, 1.165) is 25.4 Å². The van der Waals surface area contributed by atoms with E-state index < -0.39 is 6.10 Å². The minimum atomic E-state index is -0.655. The molecule has 1 heterocycles. The summed E-state index contributed by atoms with van der Waals surface area (Å²) in [4.78, 5) is 0.905. The number of aliphatic hydroxyl groups is 1. The Morgan fingerprint density at radius 3 is 2.59 bits per heavy atom. The molecule has 2 aromatic rings. The lowest BCUT2D eigenvalue weighted by molar-refractivity contribution is 0.224. The van der Waals surface area contributed by atoms with E-state index in [0.29, 0.717) is 5.02 Å². The van der Waals surface area contributed by atoms with Crippen LogP contribution in [-0.4, -0.2) is 5.11 Å². The molecule has 0 radical (unpaired) electrons. The maximum atomic E-state index is 10.3. The minimum absolute atomic E-state index is 0.641. The lowest BCUT2D eigenvalue weighted by Gasteiger charge is -2.12. The van der Waals surface area contributed by atoms with Crippen molar-refractivity contribution < 1.29 is 5.11 Å². The van der Waals surface area contributed by atoms with Gasteiger partial charge < -0.3 is 5.11 Å². The third-order valence-corrected chi connectivity index (χ3v) is 5.37. The van der Waals surface area contributed by atoms with Crippen molar-refractivity contribution in [2.24, 2.45) is 0 Å². The molecular formula is C13H12BrClOS. The molecule has 0 bridgehead atoms. The second kappa shape index (κ2) is 5.11. The van der Waals surface area contributed by atoms with Gasteiger partial charge in [-0.1, -0.05) is 29.8 Å². The standard InChI is InChI=1S/C13H12BrClOS/c1-7-4-3-5-9(11(7)15)12(16)10-6-8(2)13(14)17-10/h3-6,12,16H,1-2H3. The summed E-state index contributed by atoms with van der Waals surface area (Å²) in [7, 11) is 0. The van der Waals surface area contributed by atoms with Crippen LogP contribution in [0.25, 0.3) is 0 Å². The summed E-state index contributed by atoms with van der Waals surface area (Å²) < 4.78 is 1.05. The summed E-state index contributed by atoms with van der Waals surface area (Å²) in [5.74, 6) is 0. The fourth-order valence-corrected chi connectivity index (χ4v) is 3.46. The van der Waals surface area contributed by atoms with Crippen molar-refractivity contribution in [2.45, 2.75) is 20.0 Å². The van der Waals surface area contributed by atoms with E-state index in [1.165, 1.54) is 11.3 Å². The van der Waals surface area contributed by atoms with Crippen LogP contribution in [0.3, 0.4) is 0 Å². The molecule has 1 nitrogen and oxygen atoms in total. The molecule has 0 saturated carbocycles. The molecule has 0 spiro atoms. The summed E-state index contributed by atoms with van der Waals surface area (Å²) in [5.41, 5.74) is 2.88. The van der Waals surface area contributed by atoms with Crippen LogP contribution in [0.2, 0.25) is 5.02 Å². The summed E-state index contributed by atoms with van der Waals surface area (Å²) in [5, 5.41) is 11.0. The van der Waals surface area contributed by atoms with E-state index in [1.54, 1.807) is 0 Å². The highest BCUT2D eigenvalue weighted by atomic mass is 79.9. The second-order valence-corrected chi connectivity index (χ2v) is 6.77. The van der Waals surface area contributed by atoms with Crippen molar-refractivity contribution in [3.8, 4) is 0 Å².